The maximum Gasteiger partial charge on any atom is 0.167 e. The third kappa shape index (κ3) is 1.22. The van der Waals surface area contributed by atoms with Crippen LogP contribution in [-0.4, -0.2) is 49.5 Å². The molecule has 4 rings (SSSR count). The third-order valence-electron chi connectivity index (χ3n) is 3.36. The van der Waals surface area contributed by atoms with Crippen molar-refractivity contribution in [2.75, 3.05) is 12.3 Å². The van der Waals surface area contributed by atoms with Gasteiger partial charge in [0, 0.05) is 0 Å². The standard InChI is InChI=1S/C10H11N5O3/c11-8-5-9(13-2-12-8)15(3-14-5)10-7-6(18-7)4(1-16)17-10/h2-4,6-7,10,16H,1H2,(H2,11,12,13)/t4-,6+,7?,10-/m1/s1. The number of nitrogens with two attached hydrogens (primary N) is 1. The molecule has 2 saturated heterocycles. The second-order valence-electron chi connectivity index (χ2n) is 4.40. The first-order valence-corrected chi connectivity index (χ1v) is 5.64. The summed E-state index contributed by atoms with van der Waals surface area (Å²) < 4.78 is 12.9. The highest BCUT2D eigenvalue weighted by Crippen LogP contribution is 2.45. The lowest BCUT2D eigenvalue weighted by atomic mass is 10.2. The van der Waals surface area contributed by atoms with Gasteiger partial charge in [-0.25, -0.2) is 15.0 Å². The quantitative estimate of drug-likeness (QED) is 0.661. The Morgan fingerprint density at radius 1 is 1.28 bits per heavy atom. The van der Waals surface area contributed by atoms with Crippen LogP contribution < -0.4 is 5.73 Å². The lowest BCUT2D eigenvalue weighted by Crippen LogP contribution is -2.22. The van der Waals surface area contributed by atoms with E-state index in [0.717, 1.165) is 0 Å². The molecule has 4 heterocycles. The molecule has 0 bridgehead atoms. The fourth-order valence-electron chi connectivity index (χ4n) is 2.43. The molecule has 2 aromatic heterocycles. The van der Waals surface area contributed by atoms with Crippen molar-refractivity contribution >= 4 is 17.0 Å². The summed E-state index contributed by atoms with van der Waals surface area (Å²) in [5.41, 5.74) is 6.89. The molecular weight excluding hydrogens is 238 g/mol. The molecule has 94 valence electrons. The zero-order chi connectivity index (χ0) is 12.3. The largest absolute Gasteiger partial charge is 0.394 e. The van der Waals surface area contributed by atoms with E-state index >= 15 is 0 Å². The number of fused-ring (bicyclic) bond motifs is 2. The van der Waals surface area contributed by atoms with Crippen LogP contribution in [0.15, 0.2) is 12.7 Å². The van der Waals surface area contributed by atoms with Crippen molar-refractivity contribution in [3.63, 3.8) is 0 Å². The number of epoxide rings is 1. The van der Waals surface area contributed by atoms with E-state index in [1.807, 2.05) is 0 Å². The van der Waals surface area contributed by atoms with Crippen molar-refractivity contribution in [3.05, 3.63) is 12.7 Å². The Bertz CT molecular complexity index is 615. The number of nitrogens with zero attached hydrogens (tertiary/aromatic N) is 4. The van der Waals surface area contributed by atoms with Gasteiger partial charge in [-0.3, -0.25) is 4.57 Å². The SMILES string of the molecule is Nc1ncnc2c1ncn2[C@@H]1O[C@H](CO)[C@@H]2OC21. The van der Waals surface area contributed by atoms with Crippen molar-refractivity contribution in [2.45, 2.75) is 24.5 Å². The number of hydrogen-bond acceptors (Lipinski definition) is 7. The molecule has 8 heteroatoms. The van der Waals surface area contributed by atoms with Gasteiger partial charge in [-0.05, 0) is 0 Å². The van der Waals surface area contributed by atoms with E-state index in [9.17, 15) is 0 Å². The van der Waals surface area contributed by atoms with Crippen LogP contribution in [0.5, 0.6) is 0 Å². The Hall–Kier alpha value is -1.77. The van der Waals surface area contributed by atoms with Crippen LogP contribution in [0.4, 0.5) is 5.82 Å². The second-order valence-corrected chi connectivity index (χ2v) is 4.40. The number of anilines is 1. The fourth-order valence-corrected chi connectivity index (χ4v) is 2.43. The summed E-state index contributed by atoms with van der Waals surface area (Å²) in [5.74, 6) is 0.337. The summed E-state index contributed by atoms with van der Waals surface area (Å²) in [6.07, 6.45) is 2.33. The van der Waals surface area contributed by atoms with Gasteiger partial charge in [0.2, 0.25) is 0 Å². The first-order chi connectivity index (χ1) is 8.79. The summed E-state index contributed by atoms with van der Waals surface area (Å²) in [5, 5.41) is 9.16. The average Bonchev–Trinajstić information content (AvgIpc) is 2.91. The van der Waals surface area contributed by atoms with Gasteiger partial charge in [0.1, 0.15) is 30.2 Å². The molecule has 2 aromatic rings. The maximum absolute atomic E-state index is 9.16. The molecule has 0 spiro atoms. The minimum absolute atomic E-state index is 0.0309. The van der Waals surface area contributed by atoms with Crippen LogP contribution in [0.2, 0.25) is 0 Å². The number of ether oxygens (including phenoxy) is 2. The summed E-state index contributed by atoms with van der Waals surface area (Å²) in [4.78, 5) is 12.2. The molecule has 0 saturated carbocycles. The molecule has 8 nitrogen and oxygen atoms in total. The van der Waals surface area contributed by atoms with Gasteiger partial charge in [-0.15, -0.1) is 0 Å². The van der Waals surface area contributed by atoms with E-state index in [4.69, 9.17) is 20.3 Å². The van der Waals surface area contributed by atoms with Crippen LogP contribution in [0, 0.1) is 0 Å². The Kier molecular flexibility index (Phi) is 1.91. The van der Waals surface area contributed by atoms with Crippen molar-refractivity contribution in [1.82, 2.24) is 19.5 Å². The molecule has 3 N–H and O–H groups in total. The lowest BCUT2D eigenvalue weighted by molar-refractivity contribution is -0.0823. The smallest absolute Gasteiger partial charge is 0.167 e. The number of imidazole rings is 1. The molecule has 2 aliphatic rings. The maximum atomic E-state index is 9.16. The first-order valence-electron chi connectivity index (χ1n) is 5.64. The molecule has 2 fully saturated rings. The summed E-state index contributed by atoms with van der Waals surface area (Å²) in [7, 11) is 0. The normalized spacial score (nSPS) is 33.8. The highest BCUT2D eigenvalue weighted by molar-refractivity contribution is 5.81. The van der Waals surface area contributed by atoms with E-state index in [1.165, 1.54) is 6.33 Å². The molecule has 18 heavy (non-hydrogen) atoms. The Labute approximate surface area is 101 Å². The van der Waals surface area contributed by atoms with Gasteiger partial charge in [-0.1, -0.05) is 0 Å². The topological polar surface area (TPSA) is 112 Å². The van der Waals surface area contributed by atoms with E-state index < -0.39 is 0 Å². The molecule has 1 unspecified atom stereocenters. The van der Waals surface area contributed by atoms with Crippen LogP contribution in [0.25, 0.3) is 11.2 Å². The molecule has 2 aliphatic heterocycles. The van der Waals surface area contributed by atoms with Crippen LogP contribution in [-0.2, 0) is 9.47 Å². The molecule has 4 atom stereocenters. The van der Waals surface area contributed by atoms with Gasteiger partial charge in [-0.2, -0.15) is 0 Å². The van der Waals surface area contributed by atoms with Crippen LogP contribution in [0.1, 0.15) is 6.23 Å². The van der Waals surface area contributed by atoms with E-state index in [1.54, 1.807) is 10.9 Å². The first kappa shape index (κ1) is 10.2. The summed E-state index contributed by atoms with van der Waals surface area (Å²) >= 11 is 0. The fraction of sp³-hybridized carbons (Fsp3) is 0.500. The number of nitrogen functional groups attached to an aromatic ring is 1. The van der Waals surface area contributed by atoms with Gasteiger partial charge < -0.3 is 20.3 Å². The third-order valence-corrected chi connectivity index (χ3v) is 3.36. The zero-order valence-corrected chi connectivity index (χ0v) is 9.30. The Morgan fingerprint density at radius 3 is 2.94 bits per heavy atom. The van der Waals surface area contributed by atoms with Gasteiger partial charge >= 0.3 is 0 Å². The minimum atomic E-state index is -0.313. The number of rotatable bonds is 2. The molecule has 0 amide bonds. The molecule has 0 aromatic carbocycles. The number of aromatic nitrogens is 4. The van der Waals surface area contributed by atoms with Crippen molar-refractivity contribution < 1.29 is 14.6 Å². The van der Waals surface area contributed by atoms with Crippen molar-refractivity contribution in [2.24, 2.45) is 0 Å². The predicted octanol–water partition coefficient (Wildman–Crippen LogP) is -0.934. The molecular formula is C10H11N5O3. The van der Waals surface area contributed by atoms with E-state index in [2.05, 4.69) is 15.0 Å². The second kappa shape index (κ2) is 3.37. The van der Waals surface area contributed by atoms with Gasteiger partial charge in [0.25, 0.3) is 0 Å². The summed E-state index contributed by atoms with van der Waals surface area (Å²) in [6.45, 7) is -0.0541. The predicted molar refractivity (Wildman–Crippen MR) is 59.4 cm³/mol. The van der Waals surface area contributed by atoms with Crippen LogP contribution >= 0.6 is 0 Å². The van der Waals surface area contributed by atoms with Gasteiger partial charge in [0.05, 0.1) is 12.9 Å². The van der Waals surface area contributed by atoms with Crippen molar-refractivity contribution in [1.29, 1.82) is 0 Å². The Morgan fingerprint density at radius 2 is 2.17 bits per heavy atom. The summed E-state index contributed by atoms with van der Waals surface area (Å²) in [6, 6.07) is 0. The Balaban J connectivity index is 1.78. The highest BCUT2D eigenvalue weighted by Gasteiger charge is 2.58. The molecule has 0 radical (unpaired) electrons. The van der Waals surface area contributed by atoms with Gasteiger partial charge in [0.15, 0.2) is 17.7 Å². The molecule has 0 aliphatic carbocycles. The minimum Gasteiger partial charge on any atom is -0.394 e. The number of hydrogen-bond donors (Lipinski definition) is 2. The highest BCUT2D eigenvalue weighted by atomic mass is 16.7. The zero-order valence-electron chi connectivity index (χ0n) is 9.30. The van der Waals surface area contributed by atoms with E-state index in [-0.39, 0.29) is 31.1 Å². The lowest BCUT2D eigenvalue weighted by Gasteiger charge is -2.17. The van der Waals surface area contributed by atoms with Crippen molar-refractivity contribution in [3.8, 4) is 0 Å². The monoisotopic (exact) mass is 249 g/mol. The number of aliphatic hydroxyl groups is 1. The van der Waals surface area contributed by atoms with E-state index in [0.29, 0.717) is 17.0 Å². The van der Waals surface area contributed by atoms with Crippen LogP contribution in [0.3, 0.4) is 0 Å². The number of aliphatic hydroxyl groups excluding tert-OH is 1. The average molecular weight is 249 g/mol.